The third-order valence-corrected chi connectivity index (χ3v) is 4.13. The van der Waals surface area contributed by atoms with Crippen LogP contribution in [0.25, 0.3) is 0 Å². The van der Waals surface area contributed by atoms with Gasteiger partial charge in [-0.05, 0) is 69.2 Å². The molecule has 1 fully saturated rings. The second kappa shape index (κ2) is 6.07. The molecule has 0 spiro atoms. The van der Waals surface area contributed by atoms with Crippen molar-refractivity contribution in [2.75, 3.05) is 5.32 Å². The Balaban J connectivity index is 2.02. The third kappa shape index (κ3) is 4.16. The number of hydrogen-bond acceptors (Lipinski definition) is 2. The van der Waals surface area contributed by atoms with Crippen molar-refractivity contribution in [3.05, 3.63) is 23.8 Å². The molecule has 20 heavy (non-hydrogen) atoms. The molecule has 1 aromatic carbocycles. The number of hydrogen-bond donors (Lipinski definition) is 1. The average molecular weight is 275 g/mol. The summed E-state index contributed by atoms with van der Waals surface area (Å²) < 4.78 is 5.75. The molecule has 0 radical (unpaired) electrons. The second-order valence-electron chi connectivity index (χ2n) is 7.25. The Morgan fingerprint density at radius 3 is 2.65 bits per heavy atom. The van der Waals surface area contributed by atoms with Crippen LogP contribution in [0.15, 0.2) is 18.2 Å². The zero-order valence-electron chi connectivity index (χ0n) is 13.6. The van der Waals surface area contributed by atoms with Gasteiger partial charge in [0.2, 0.25) is 0 Å². The third-order valence-electron chi connectivity index (χ3n) is 4.13. The Morgan fingerprint density at radius 1 is 1.30 bits per heavy atom. The number of aryl methyl sites for hydroxylation is 1. The van der Waals surface area contributed by atoms with Crippen LogP contribution in [0.3, 0.4) is 0 Å². The molecule has 2 nitrogen and oxygen atoms in total. The lowest BCUT2D eigenvalue weighted by Gasteiger charge is -2.36. The van der Waals surface area contributed by atoms with Gasteiger partial charge in [-0.1, -0.05) is 20.3 Å². The van der Waals surface area contributed by atoms with Crippen molar-refractivity contribution >= 4 is 5.69 Å². The number of anilines is 1. The SMILES string of the molecule is Cc1cc(OC(C)C)ccc1NC1CCCC(C)(C)C1. The average Bonchev–Trinajstić information content (AvgIpc) is 2.30. The fourth-order valence-corrected chi connectivity index (χ4v) is 3.18. The van der Waals surface area contributed by atoms with Gasteiger partial charge in [0.05, 0.1) is 6.10 Å². The summed E-state index contributed by atoms with van der Waals surface area (Å²) in [6.45, 7) is 11.0. The van der Waals surface area contributed by atoms with E-state index in [1.165, 1.54) is 36.9 Å². The van der Waals surface area contributed by atoms with E-state index in [-0.39, 0.29) is 6.10 Å². The van der Waals surface area contributed by atoms with Crippen molar-refractivity contribution in [1.82, 2.24) is 0 Å². The van der Waals surface area contributed by atoms with Gasteiger partial charge in [-0.3, -0.25) is 0 Å². The van der Waals surface area contributed by atoms with Crippen LogP contribution in [0.4, 0.5) is 5.69 Å². The molecule has 0 aromatic heterocycles. The smallest absolute Gasteiger partial charge is 0.120 e. The van der Waals surface area contributed by atoms with Gasteiger partial charge in [-0.2, -0.15) is 0 Å². The fraction of sp³-hybridized carbons (Fsp3) is 0.667. The van der Waals surface area contributed by atoms with Gasteiger partial charge in [0.1, 0.15) is 5.75 Å². The second-order valence-corrected chi connectivity index (χ2v) is 7.25. The number of benzene rings is 1. The summed E-state index contributed by atoms with van der Waals surface area (Å²) >= 11 is 0. The molecule has 2 rings (SSSR count). The fourth-order valence-electron chi connectivity index (χ4n) is 3.18. The van der Waals surface area contributed by atoms with Crippen molar-refractivity contribution in [2.45, 2.75) is 72.4 Å². The maximum atomic E-state index is 5.75. The molecular weight excluding hydrogens is 246 g/mol. The van der Waals surface area contributed by atoms with E-state index in [2.05, 4.69) is 58.1 Å². The summed E-state index contributed by atoms with van der Waals surface area (Å²) in [5.41, 5.74) is 3.00. The van der Waals surface area contributed by atoms with Crippen molar-refractivity contribution in [1.29, 1.82) is 0 Å². The van der Waals surface area contributed by atoms with Crippen LogP contribution in [0.5, 0.6) is 5.75 Å². The molecule has 0 amide bonds. The highest BCUT2D eigenvalue weighted by atomic mass is 16.5. The summed E-state index contributed by atoms with van der Waals surface area (Å²) in [7, 11) is 0. The van der Waals surface area contributed by atoms with E-state index in [1.807, 2.05) is 0 Å². The maximum absolute atomic E-state index is 5.75. The summed E-state index contributed by atoms with van der Waals surface area (Å²) in [6, 6.07) is 6.98. The van der Waals surface area contributed by atoms with Crippen molar-refractivity contribution in [3.63, 3.8) is 0 Å². The minimum atomic E-state index is 0.229. The normalized spacial score (nSPS) is 21.8. The molecule has 0 heterocycles. The van der Waals surface area contributed by atoms with E-state index in [1.54, 1.807) is 0 Å². The summed E-state index contributed by atoms with van der Waals surface area (Å²) in [4.78, 5) is 0. The van der Waals surface area contributed by atoms with Gasteiger partial charge >= 0.3 is 0 Å². The lowest BCUT2D eigenvalue weighted by atomic mass is 9.75. The summed E-state index contributed by atoms with van der Waals surface area (Å²) in [6.07, 6.45) is 5.46. The first-order chi connectivity index (χ1) is 9.35. The van der Waals surface area contributed by atoms with Crippen LogP contribution in [0, 0.1) is 12.3 Å². The molecular formula is C18H29NO. The van der Waals surface area contributed by atoms with E-state index in [0.717, 1.165) is 5.75 Å². The largest absolute Gasteiger partial charge is 0.491 e. The molecule has 0 aliphatic heterocycles. The highest BCUT2D eigenvalue weighted by Gasteiger charge is 2.27. The topological polar surface area (TPSA) is 21.3 Å². The monoisotopic (exact) mass is 275 g/mol. The number of nitrogens with one attached hydrogen (secondary N) is 1. The van der Waals surface area contributed by atoms with E-state index in [9.17, 15) is 0 Å². The van der Waals surface area contributed by atoms with Gasteiger partial charge in [0.25, 0.3) is 0 Å². The first-order valence-electron chi connectivity index (χ1n) is 7.89. The van der Waals surface area contributed by atoms with Crippen LogP contribution in [0.1, 0.15) is 58.9 Å². The number of rotatable bonds is 4. The van der Waals surface area contributed by atoms with Crippen LogP contribution in [-0.2, 0) is 0 Å². The molecule has 1 saturated carbocycles. The maximum Gasteiger partial charge on any atom is 0.120 e. The molecule has 0 saturated heterocycles. The Kier molecular flexibility index (Phi) is 4.62. The molecule has 1 atom stereocenters. The molecule has 1 unspecified atom stereocenters. The predicted molar refractivity (Wildman–Crippen MR) is 86.6 cm³/mol. The quantitative estimate of drug-likeness (QED) is 0.819. The summed E-state index contributed by atoms with van der Waals surface area (Å²) in [5, 5.41) is 3.73. The zero-order valence-corrected chi connectivity index (χ0v) is 13.6. The van der Waals surface area contributed by atoms with Crippen molar-refractivity contribution in [3.8, 4) is 5.75 Å². The van der Waals surface area contributed by atoms with Gasteiger partial charge in [-0.25, -0.2) is 0 Å². The van der Waals surface area contributed by atoms with Crippen LogP contribution >= 0.6 is 0 Å². The molecule has 112 valence electrons. The van der Waals surface area contributed by atoms with E-state index in [4.69, 9.17) is 4.74 Å². The van der Waals surface area contributed by atoms with Gasteiger partial charge in [0.15, 0.2) is 0 Å². The molecule has 1 aliphatic carbocycles. The lowest BCUT2D eigenvalue weighted by Crippen LogP contribution is -2.31. The van der Waals surface area contributed by atoms with Crippen LogP contribution in [-0.4, -0.2) is 12.1 Å². The molecule has 1 aliphatic rings. The lowest BCUT2D eigenvalue weighted by molar-refractivity contribution is 0.229. The highest BCUT2D eigenvalue weighted by molar-refractivity contribution is 5.54. The van der Waals surface area contributed by atoms with Crippen LogP contribution in [0.2, 0.25) is 0 Å². The van der Waals surface area contributed by atoms with E-state index in [0.29, 0.717) is 11.5 Å². The van der Waals surface area contributed by atoms with Gasteiger partial charge < -0.3 is 10.1 Å². The molecule has 0 bridgehead atoms. The Morgan fingerprint density at radius 2 is 2.05 bits per heavy atom. The summed E-state index contributed by atoms with van der Waals surface area (Å²) in [5.74, 6) is 0.965. The number of ether oxygens (including phenoxy) is 1. The molecule has 2 heteroatoms. The van der Waals surface area contributed by atoms with Gasteiger partial charge in [0, 0.05) is 11.7 Å². The Hall–Kier alpha value is -1.18. The van der Waals surface area contributed by atoms with Crippen LogP contribution < -0.4 is 10.1 Å². The highest BCUT2D eigenvalue weighted by Crippen LogP contribution is 2.36. The zero-order chi connectivity index (χ0) is 14.8. The molecule has 1 N–H and O–H groups in total. The van der Waals surface area contributed by atoms with Gasteiger partial charge in [-0.15, -0.1) is 0 Å². The van der Waals surface area contributed by atoms with E-state index >= 15 is 0 Å². The Labute approximate surface area is 123 Å². The Bertz CT molecular complexity index is 451. The first-order valence-corrected chi connectivity index (χ1v) is 7.89. The molecule has 1 aromatic rings. The minimum Gasteiger partial charge on any atom is -0.491 e. The van der Waals surface area contributed by atoms with E-state index < -0.39 is 0 Å². The first kappa shape index (κ1) is 15.2. The predicted octanol–water partition coefficient (Wildman–Crippen LogP) is 5.16. The minimum absolute atomic E-state index is 0.229. The van der Waals surface area contributed by atoms with Crippen molar-refractivity contribution < 1.29 is 4.74 Å². The standard InChI is InChI=1S/C18H29NO/c1-13(2)20-16-8-9-17(14(3)11-16)19-15-7-6-10-18(4,5)12-15/h8-9,11,13,15,19H,6-7,10,12H2,1-5H3. The van der Waals surface area contributed by atoms with Crippen molar-refractivity contribution in [2.24, 2.45) is 5.41 Å².